The smallest absolute Gasteiger partial charge is 0.244 e. The van der Waals surface area contributed by atoms with Gasteiger partial charge >= 0.3 is 0 Å². The summed E-state index contributed by atoms with van der Waals surface area (Å²) in [4.78, 5) is 31.5. The van der Waals surface area contributed by atoms with E-state index < -0.39 is 0 Å². The molecule has 2 rings (SSSR count). The standard InChI is InChI=1S/C21H33N3O2/c1-5-22(6-2)21(26)18-13-15-23(16-14-18)17(4)20(25)24(7-3)19-11-9-8-10-12-19/h8-12,17-18H,5-7,13-16H2,1-4H3. The fraction of sp³-hybridized carbons (Fsp3) is 0.619. The van der Waals surface area contributed by atoms with Crippen LogP contribution in [0.5, 0.6) is 0 Å². The number of likely N-dealkylation sites (tertiary alicyclic amines) is 1. The number of carbonyl (C=O) groups excluding carboxylic acids is 2. The molecule has 0 radical (unpaired) electrons. The van der Waals surface area contributed by atoms with Gasteiger partial charge in [0.25, 0.3) is 0 Å². The van der Waals surface area contributed by atoms with Crippen molar-refractivity contribution in [2.75, 3.05) is 37.6 Å². The Balaban J connectivity index is 1.96. The molecule has 0 aliphatic carbocycles. The average molecular weight is 360 g/mol. The molecule has 0 spiro atoms. The Morgan fingerprint density at radius 1 is 1.04 bits per heavy atom. The van der Waals surface area contributed by atoms with E-state index in [-0.39, 0.29) is 23.8 Å². The van der Waals surface area contributed by atoms with Gasteiger partial charge in [-0.15, -0.1) is 0 Å². The molecule has 1 atom stereocenters. The van der Waals surface area contributed by atoms with E-state index in [1.54, 1.807) is 0 Å². The van der Waals surface area contributed by atoms with Gasteiger partial charge in [0.15, 0.2) is 0 Å². The number of carbonyl (C=O) groups is 2. The highest BCUT2D eigenvalue weighted by Crippen LogP contribution is 2.23. The summed E-state index contributed by atoms with van der Waals surface area (Å²) in [7, 11) is 0. The Labute approximate surface area is 158 Å². The zero-order valence-electron chi connectivity index (χ0n) is 16.6. The van der Waals surface area contributed by atoms with Crippen molar-refractivity contribution >= 4 is 17.5 Å². The van der Waals surface area contributed by atoms with E-state index in [2.05, 4.69) is 4.90 Å². The first-order chi connectivity index (χ1) is 12.5. The lowest BCUT2D eigenvalue weighted by atomic mass is 9.94. The Morgan fingerprint density at radius 2 is 1.62 bits per heavy atom. The highest BCUT2D eigenvalue weighted by atomic mass is 16.2. The van der Waals surface area contributed by atoms with Gasteiger partial charge in [0.05, 0.1) is 6.04 Å². The minimum atomic E-state index is -0.167. The van der Waals surface area contributed by atoms with E-state index in [9.17, 15) is 9.59 Å². The molecule has 1 aliphatic heterocycles. The average Bonchev–Trinajstić information content (AvgIpc) is 2.69. The fourth-order valence-corrected chi connectivity index (χ4v) is 3.78. The van der Waals surface area contributed by atoms with E-state index in [1.807, 2.05) is 67.8 Å². The van der Waals surface area contributed by atoms with E-state index >= 15 is 0 Å². The van der Waals surface area contributed by atoms with Crippen molar-refractivity contribution < 1.29 is 9.59 Å². The van der Waals surface area contributed by atoms with Crippen LogP contribution in [0.1, 0.15) is 40.5 Å². The minimum absolute atomic E-state index is 0.102. The van der Waals surface area contributed by atoms with Gasteiger partial charge in [-0.2, -0.15) is 0 Å². The molecule has 0 saturated carbocycles. The molecule has 144 valence electrons. The van der Waals surface area contributed by atoms with Crippen LogP contribution in [0.25, 0.3) is 0 Å². The van der Waals surface area contributed by atoms with Crippen molar-refractivity contribution in [2.24, 2.45) is 5.92 Å². The van der Waals surface area contributed by atoms with Gasteiger partial charge in [0.1, 0.15) is 0 Å². The maximum Gasteiger partial charge on any atom is 0.244 e. The van der Waals surface area contributed by atoms with E-state index in [4.69, 9.17) is 0 Å². The summed E-state index contributed by atoms with van der Waals surface area (Å²) in [6, 6.07) is 9.66. The molecule has 5 nitrogen and oxygen atoms in total. The third kappa shape index (κ3) is 4.64. The molecule has 0 aromatic heterocycles. The van der Waals surface area contributed by atoms with Crippen LogP contribution >= 0.6 is 0 Å². The number of benzene rings is 1. The van der Waals surface area contributed by atoms with Crippen LogP contribution in [0, 0.1) is 5.92 Å². The van der Waals surface area contributed by atoms with Crippen LogP contribution in [0.15, 0.2) is 30.3 Å². The summed E-state index contributed by atoms with van der Waals surface area (Å²) in [6.45, 7) is 11.9. The Kier molecular flexibility index (Phi) is 7.64. The maximum absolute atomic E-state index is 13.0. The number of piperidine rings is 1. The van der Waals surface area contributed by atoms with Crippen LogP contribution in [-0.2, 0) is 9.59 Å². The third-order valence-electron chi connectivity index (χ3n) is 5.51. The Bertz CT molecular complexity index is 578. The zero-order chi connectivity index (χ0) is 19.1. The molecular formula is C21H33N3O2. The summed E-state index contributed by atoms with van der Waals surface area (Å²) in [6.07, 6.45) is 1.68. The summed E-state index contributed by atoms with van der Waals surface area (Å²) in [5, 5.41) is 0. The quantitative estimate of drug-likeness (QED) is 0.752. The second-order valence-corrected chi connectivity index (χ2v) is 6.91. The number of hydrogen-bond donors (Lipinski definition) is 0. The first-order valence-corrected chi connectivity index (χ1v) is 9.92. The van der Waals surface area contributed by atoms with Gasteiger partial charge < -0.3 is 9.80 Å². The van der Waals surface area contributed by atoms with Crippen molar-refractivity contribution in [1.29, 1.82) is 0 Å². The SMILES string of the molecule is CCN(CC)C(=O)C1CCN(C(C)C(=O)N(CC)c2ccccc2)CC1. The normalized spacial score (nSPS) is 16.9. The monoisotopic (exact) mass is 359 g/mol. The molecule has 1 saturated heterocycles. The van der Waals surface area contributed by atoms with Gasteiger partial charge in [0.2, 0.25) is 11.8 Å². The molecule has 26 heavy (non-hydrogen) atoms. The lowest BCUT2D eigenvalue weighted by Crippen LogP contribution is -2.51. The summed E-state index contributed by atoms with van der Waals surface area (Å²) in [5.74, 6) is 0.505. The van der Waals surface area contributed by atoms with Crippen LogP contribution in [-0.4, -0.2) is 60.4 Å². The number of para-hydroxylation sites is 1. The molecule has 1 aromatic carbocycles. The van der Waals surface area contributed by atoms with Crippen LogP contribution in [0.3, 0.4) is 0 Å². The molecule has 0 bridgehead atoms. The number of amides is 2. The first-order valence-electron chi connectivity index (χ1n) is 9.92. The molecule has 1 unspecified atom stereocenters. The Hall–Kier alpha value is -1.88. The second-order valence-electron chi connectivity index (χ2n) is 6.91. The van der Waals surface area contributed by atoms with Crippen molar-refractivity contribution in [3.05, 3.63) is 30.3 Å². The number of rotatable bonds is 7. The van der Waals surface area contributed by atoms with Crippen molar-refractivity contribution in [3.63, 3.8) is 0 Å². The molecule has 1 aromatic rings. The summed E-state index contributed by atoms with van der Waals surface area (Å²) in [5.41, 5.74) is 0.943. The summed E-state index contributed by atoms with van der Waals surface area (Å²) >= 11 is 0. The highest BCUT2D eigenvalue weighted by molar-refractivity contribution is 5.96. The number of hydrogen-bond acceptors (Lipinski definition) is 3. The highest BCUT2D eigenvalue weighted by Gasteiger charge is 2.32. The topological polar surface area (TPSA) is 43.9 Å². The molecule has 1 aliphatic rings. The van der Waals surface area contributed by atoms with Gasteiger partial charge in [-0.1, -0.05) is 18.2 Å². The Morgan fingerprint density at radius 3 is 2.12 bits per heavy atom. The van der Waals surface area contributed by atoms with Gasteiger partial charge in [-0.05, 0) is 65.8 Å². The first kappa shape index (κ1) is 20.4. The minimum Gasteiger partial charge on any atom is -0.343 e. The largest absolute Gasteiger partial charge is 0.343 e. The van der Waals surface area contributed by atoms with Crippen LogP contribution < -0.4 is 4.90 Å². The number of anilines is 1. The van der Waals surface area contributed by atoms with Crippen LogP contribution in [0.4, 0.5) is 5.69 Å². The molecular weight excluding hydrogens is 326 g/mol. The molecule has 5 heteroatoms. The van der Waals surface area contributed by atoms with Crippen molar-refractivity contribution in [1.82, 2.24) is 9.80 Å². The van der Waals surface area contributed by atoms with Crippen molar-refractivity contribution in [3.8, 4) is 0 Å². The third-order valence-corrected chi connectivity index (χ3v) is 5.51. The fourth-order valence-electron chi connectivity index (χ4n) is 3.78. The van der Waals surface area contributed by atoms with Crippen LogP contribution in [0.2, 0.25) is 0 Å². The number of nitrogens with zero attached hydrogens (tertiary/aromatic N) is 3. The second kappa shape index (κ2) is 9.72. The lowest BCUT2D eigenvalue weighted by molar-refractivity contribution is -0.137. The lowest BCUT2D eigenvalue weighted by Gasteiger charge is -2.38. The molecule has 0 N–H and O–H groups in total. The van der Waals surface area contributed by atoms with Gasteiger partial charge in [-0.3, -0.25) is 14.5 Å². The van der Waals surface area contributed by atoms with E-state index in [1.165, 1.54) is 0 Å². The predicted molar refractivity (Wildman–Crippen MR) is 106 cm³/mol. The maximum atomic E-state index is 13.0. The molecule has 1 heterocycles. The summed E-state index contributed by atoms with van der Waals surface area (Å²) < 4.78 is 0. The predicted octanol–water partition coefficient (Wildman–Crippen LogP) is 3.01. The molecule has 2 amide bonds. The van der Waals surface area contributed by atoms with E-state index in [0.717, 1.165) is 44.7 Å². The van der Waals surface area contributed by atoms with Gasteiger partial charge in [0, 0.05) is 31.2 Å². The van der Waals surface area contributed by atoms with Gasteiger partial charge in [-0.25, -0.2) is 0 Å². The van der Waals surface area contributed by atoms with E-state index in [0.29, 0.717) is 6.54 Å². The molecule has 1 fully saturated rings. The van der Waals surface area contributed by atoms with Crippen molar-refractivity contribution in [2.45, 2.75) is 46.6 Å². The number of likely N-dealkylation sites (N-methyl/N-ethyl adjacent to an activating group) is 1. The zero-order valence-corrected chi connectivity index (χ0v) is 16.6.